The van der Waals surface area contributed by atoms with Crippen molar-refractivity contribution in [1.82, 2.24) is 0 Å². The van der Waals surface area contributed by atoms with Crippen LogP contribution in [0, 0.1) is 0 Å². The molecule has 1 unspecified atom stereocenters. The molecule has 11 heavy (non-hydrogen) atoms. The highest BCUT2D eigenvalue weighted by Gasteiger charge is 2.49. The first-order valence-electron chi connectivity index (χ1n) is 3.61. The predicted molar refractivity (Wildman–Crippen MR) is 41.3 cm³/mol. The number of hydrogen-bond donors (Lipinski definition) is 0. The Morgan fingerprint density at radius 1 is 1.55 bits per heavy atom. The molecule has 2 atom stereocenters. The van der Waals surface area contributed by atoms with Crippen molar-refractivity contribution in [2.75, 3.05) is 5.75 Å². The smallest absolute Gasteiger partial charge is 0.220 e. The zero-order chi connectivity index (χ0) is 8.06. The summed E-state index contributed by atoms with van der Waals surface area (Å²) in [6.07, 6.45) is -0.322. The highest BCUT2D eigenvalue weighted by Crippen LogP contribution is 2.37. The van der Waals surface area contributed by atoms with Gasteiger partial charge in [0, 0.05) is 5.75 Å². The average Bonchev–Trinajstić information content (AvgIpc) is 2.31. The Bertz CT molecular complexity index is 202. The number of thioether (sulfide) groups is 1. The van der Waals surface area contributed by atoms with Gasteiger partial charge in [-0.25, -0.2) is 0 Å². The Morgan fingerprint density at radius 2 is 2.27 bits per heavy atom. The van der Waals surface area contributed by atoms with Crippen LogP contribution in [0.1, 0.15) is 13.8 Å². The Kier molecular flexibility index (Phi) is 1.53. The van der Waals surface area contributed by atoms with Crippen molar-refractivity contribution in [2.24, 2.45) is 0 Å². The van der Waals surface area contributed by atoms with E-state index in [1.165, 1.54) is 11.8 Å². The second kappa shape index (κ2) is 2.21. The Labute approximate surface area is 69.4 Å². The lowest BCUT2D eigenvalue weighted by molar-refractivity contribution is -0.151. The molecule has 0 bridgehead atoms. The van der Waals surface area contributed by atoms with Crippen molar-refractivity contribution in [3.05, 3.63) is 0 Å². The van der Waals surface area contributed by atoms with E-state index in [1.54, 1.807) is 0 Å². The van der Waals surface area contributed by atoms with Gasteiger partial charge >= 0.3 is 0 Å². The van der Waals surface area contributed by atoms with Gasteiger partial charge in [-0.15, -0.1) is 0 Å². The van der Waals surface area contributed by atoms with E-state index in [4.69, 9.17) is 9.47 Å². The predicted octanol–water partition coefficient (Wildman–Crippen LogP) is 0.780. The third kappa shape index (κ3) is 1.19. The van der Waals surface area contributed by atoms with E-state index in [0.29, 0.717) is 0 Å². The van der Waals surface area contributed by atoms with E-state index in [1.807, 2.05) is 13.8 Å². The van der Waals surface area contributed by atoms with Gasteiger partial charge in [0.1, 0.15) is 6.10 Å². The molecule has 2 aliphatic rings. The molecule has 62 valence electrons. The quantitative estimate of drug-likeness (QED) is 0.543. The Hall–Kier alpha value is -0.0600. The molecule has 0 aliphatic carbocycles. The lowest BCUT2D eigenvalue weighted by atomic mass is 10.3. The molecule has 2 saturated heterocycles. The minimum absolute atomic E-state index is 0.0116. The number of ether oxygens (including phenoxy) is 2. The van der Waals surface area contributed by atoms with Crippen LogP contribution in [0.4, 0.5) is 0 Å². The first-order valence-corrected chi connectivity index (χ1v) is 4.59. The van der Waals surface area contributed by atoms with Crippen LogP contribution in [-0.2, 0) is 14.3 Å². The van der Waals surface area contributed by atoms with Gasteiger partial charge in [-0.1, -0.05) is 11.8 Å². The molecule has 0 aromatic carbocycles. The van der Waals surface area contributed by atoms with Gasteiger partial charge < -0.3 is 9.47 Å². The molecule has 2 fully saturated rings. The molecule has 0 radical (unpaired) electrons. The molecule has 0 saturated carbocycles. The highest BCUT2D eigenvalue weighted by atomic mass is 32.2. The molecular weight excluding hydrogens is 164 g/mol. The Balaban J connectivity index is 2.16. The molecule has 0 N–H and O–H groups in total. The molecule has 0 aromatic rings. The van der Waals surface area contributed by atoms with E-state index < -0.39 is 5.79 Å². The van der Waals surface area contributed by atoms with Crippen molar-refractivity contribution in [3.63, 3.8) is 0 Å². The van der Waals surface area contributed by atoms with Crippen LogP contribution in [0.15, 0.2) is 0 Å². The minimum atomic E-state index is -0.564. The fourth-order valence-electron chi connectivity index (χ4n) is 1.40. The van der Waals surface area contributed by atoms with E-state index >= 15 is 0 Å². The fourth-order valence-corrected chi connectivity index (χ4v) is 2.34. The third-order valence-electron chi connectivity index (χ3n) is 1.81. The zero-order valence-electron chi connectivity index (χ0n) is 6.49. The zero-order valence-corrected chi connectivity index (χ0v) is 7.31. The molecule has 2 heterocycles. The van der Waals surface area contributed by atoms with E-state index in [0.717, 1.165) is 5.75 Å². The summed E-state index contributed by atoms with van der Waals surface area (Å²) in [5, 5.41) is 0.112. The molecule has 0 spiro atoms. The molecule has 2 rings (SSSR count). The van der Waals surface area contributed by atoms with Crippen LogP contribution in [0.3, 0.4) is 0 Å². The first kappa shape index (κ1) is 7.58. The topological polar surface area (TPSA) is 35.5 Å². The summed E-state index contributed by atoms with van der Waals surface area (Å²) in [5.74, 6) is 0.179. The number of rotatable bonds is 0. The summed E-state index contributed by atoms with van der Waals surface area (Å²) in [4.78, 5) is 11.1. The standard InChI is InChI=1S/C7H10O3S/c1-7(2)9-4-3-11-6(8)5(4)10-7/h4-5H,3H2,1-2H3/t4?,5-/m0/s1. The van der Waals surface area contributed by atoms with Crippen LogP contribution in [0.5, 0.6) is 0 Å². The van der Waals surface area contributed by atoms with Gasteiger partial charge in [-0.2, -0.15) is 0 Å². The molecule has 4 heteroatoms. The summed E-state index contributed by atoms with van der Waals surface area (Å²) in [6, 6.07) is 0. The van der Waals surface area contributed by atoms with Crippen molar-refractivity contribution in [3.8, 4) is 0 Å². The minimum Gasteiger partial charge on any atom is -0.343 e. The summed E-state index contributed by atoms with van der Waals surface area (Å²) in [5.41, 5.74) is 0. The Morgan fingerprint density at radius 3 is 2.91 bits per heavy atom. The van der Waals surface area contributed by atoms with Crippen molar-refractivity contribution >= 4 is 16.9 Å². The number of carbonyl (C=O) groups excluding carboxylic acids is 1. The molecule has 2 aliphatic heterocycles. The van der Waals surface area contributed by atoms with Crippen LogP contribution < -0.4 is 0 Å². The number of hydrogen-bond acceptors (Lipinski definition) is 4. The van der Waals surface area contributed by atoms with E-state index in [2.05, 4.69) is 0 Å². The molecule has 3 nitrogen and oxygen atoms in total. The summed E-state index contributed by atoms with van der Waals surface area (Å²) in [7, 11) is 0. The van der Waals surface area contributed by atoms with Crippen LogP contribution in [0.25, 0.3) is 0 Å². The third-order valence-corrected chi connectivity index (χ3v) is 2.82. The van der Waals surface area contributed by atoms with Gasteiger partial charge in [0.05, 0.1) is 0 Å². The lowest BCUT2D eigenvalue weighted by Crippen LogP contribution is -2.24. The number of fused-ring (bicyclic) bond motifs is 1. The van der Waals surface area contributed by atoms with Gasteiger partial charge in [-0.3, -0.25) is 4.79 Å². The highest BCUT2D eigenvalue weighted by molar-refractivity contribution is 8.14. The fraction of sp³-hybridized carbons (Fsp3) is 0.857. The van der Waals surface area contributed by atoms with Crippen molar-refractivity contribution < 1.29 is 14.3 Å². The lowest BCUT2D eigenvalue weighted by Gasteiger charge is -2.17. The molecular formula is C7H10O3S. The second-order valence-electron chi connectivity index (χ2n) is 3.22. The summed E-state index contributed by atoms with van der Waals surface area (Å²) < 4.78 is 10.9. The van der Waals surface area contributed by atoms with Gasteiger partial charge in [0.25, 0.3) is 0 Å². The SMILES string of the molecule is CC1(C)OC2CSC(=O)[C@H]2O1. The van der Waals surface area contributed by atoms with Crippen LogP contribution in [-0.4, -0.2) is 28.9 Å². The molecule has 0 amide bonds. The van der Waals surface area contributed by atoms with Gasteiger partial charge in [0.15, 0.2) is 11.9 Å². The normalized spacial score (nSPS) is 41.1. The van der Waals surface area contributed by atoms with Crippen LogP contribution >= 0.6 is 11.8 Å². The van der Waals surface area contributed by atoms with Gasteiger partial charge in [-0.05, 0) is 13.8 Å². The second-order valence-corrected chi connectivity index (χ2v) is 4.25. The van der Waals surface area contributed by atoms with E-state index in [9.17, 15) is 4.79 Å². The monoisotopic (exact) mass is 174 g/mol. The van der Waals surface area contributed by atoms with E-state index in [-0.39, 0.29) is 17.3 Å². The largest absolute Gasteiger partial charge is 0.343 e. The molecule has 0 aromatic heterocycles. The first-order chi connectivity index (χ1) is 5.08. The maximum atomic E-state index is 11.1. The maximum absolute atomic E-state index is 11.1. The maximum Gasteiger partial charge on any atom is 0.220 e. The summed E-state index contributed by atoms with van der Waals surface area (Å²) in [6.45, 7) is 3.67. The average molecular weight is 174 g/mol. The van der Waals surface area contributed by atoms with Crippen molar-refractivity contribution in [1.29, 1.82) is 0 Å². The van der Waals surface area contributed by atoms with Gasteiger partial charge in [0.2, 0.25) is 5.12 Å². The van der Waals surface area contributed by atoms with Crippen LogP contribution in [0.2, 0.25) is 0 Å². The summed E-state index contributed by atoms with van der Waals surface area (Å²) >= 11 is 1.30. The van der Waals surface area contributed by atoms with Crippen molar-refractivity contribution in [2.45, 2.75) is 31.8 Å². The number of carbonyl (C=O) groups is 1.